The van der Waals surface area contributed by atoms with E-state index in [1.807, 2.05) is 20.8 Å². The van der Waals surface area contributed by atoms with Crippen molar-refractivity contribution in [1.82, 2.24) is 20.4 Å². The normalized spacial score (nSPS) is 22.8. The highest BCUT2D eigenvalue weighted by molar-refractivity contribution is 5.80. The minimum atomic E-state index is -0.469. The van der Waals surface area contributed by atoms with Crippen LogP contribution in [0.5, 0.6) is 0 Å². The molecule has 156 valence electrons. The third kappa shape index (κ3) is 7.20. The van der Waals surface area contributed by atoms with Gasteiger partial charge in [0.2, 0.25) is 0 Å². The highest BCUT2D eigenvalue weighted by Crippen LogP contribution is 2.15. The van der Waals surface area contributed by atoms with Gasteiger partial charge in [-0.3, -0.25) is 9.89 Å². The monoisotopic (exact) mass is 381 g/mol. The first-order valence-corrected chi connectivity index (χ1v) is 10.6. The second kappa shape index (κ2) is 10.2. The van der Waals surface area contributed by atoms with Crippen LogP contribution in [-0.2, 0) is 4.74 Å². The largest absolute Gasteiger partial charge is 0.444 e. The van der Waals surface area contributed by atoms with Gasteiger partial charge in [-0.2, -0.15) is 0 Å². The van der Waals surface area contributed by atoms with Crippen LogP contribution in [0.1, 0.15) is 60.3 Å². The quantitative estimate of drug-likeness (QED) is 0.546. The van der Waals surface area contributed by atoms with Crippen LogP contribution in [0.2, 0.25) is 0 Å². The summed E-state index contributed by atoms with van der Waals surface area (Å²) in [5, 5.41) is 6.41. The van der Waals surface area contributed by atoms with Gasteiger partial charge in [-0.05, 0) is 66.5 Å². The number of likely N-dealkylation sites (tertiary alicyclic amines) is 2. The third-order valence-corrected chi connectivity index (χ3v) is 5.12. The molecule has 2 fully saturated rings. The first kappa shape index (κ1) is 21.8. The zero-order valence-corrected chi connectivity index (χ0v) is 17.9. The lowest BCUT2D eigenvalue weighted by Gasteiger charge is -2.27. The van der Waals surface area contributed by atoms with Gasteiger partial charge in [-0.25, -0.2) is 4.79 Å². The van der Waals surface area contributed by atoms with Gasteiger partial charge in [0.05, 0.1) is 12.6 Å². The number of guanidine groups is 1. The van der Waals surface area contributed by atoms with E-state index in [-0.39, 0.29) is 12.1 Å². The van der Waals surface area contributed by atoms with Crippen molar-refractivity contribution in [2.24, 2.45) is 4.99 Å². The Hall–Kier alpha value is -1.50. The summed E-state index contributed by atoms with van der Waals surface area (Å²) in [5.41, 5.74) is -0.469. The number of nitrogens with zero attached hydrogens (tertiary/aromatic N) is 3. The molecular weight excluding hydrogens is 342 g/mol. The zero-order valence-electron chi connectivity index (χ0n) is 17.9. The van der Waals surface area contributed by atoms with Gasteiger partial charge >= 0.3 is 6.09 Å². The zero-order chi connectivity index (χ0) is 19.9. The minimum Gasteiger partial charge on any atom is -0.444 e. The fourth-order valence-electron chi connectivity index (χ4n) is 3.77. The van der Waals surface area contributed by atoms with Gasteiger partial charge < -0.3 is 20.3 Å². The lowest BCUT2D eigenvalue weighted by Crippen LogP contribution is -2.45. The number of aliphatic imine (C=N–C) groups is 1. The Labute approximate surface area is 164 Å². The molecule has 0 bridgehead atoms. The fourth-order valence-corrected chi connectivity index (χ4v) is 3.77. The molecule has 0 aliphatic carbocycles. The highest BCUT2D eigenvalue weighted by atomic mass is 16.6. The second-order valence-corrected chi connectivity index (χ2v) is 8.58. The Morgan fingerprint density at radius 2 is 1.93 bits per heavy atom. The van der Waals surface area contributed by atoms with E-state index in [4.69, 9.17) is 9.73 Å². The molecular formula is C20H39N5O2. The molecule has 1 amide bonds. The van der Waals surface area contributed by atoms with E-state index in [0.29, 0.717) is 6.04 Å². The van der Waals surface area contributed by atoms with E-state index in [1.54, 1.807) is 0 Å². The lowest BCUT2D eigenvalue weighted by atomic mass is 10.2. The van der Waals surface area contributed by atoms with Crippen LogP contribution in [0.15, 0.2) is 4.99 Å². The van der Waals surface area contributed by atoms with E-state index in [0.717, 1.165) is 45.0 Å². The fraction of sp³-hybridized carbons (Fsp3) is 0.900. The van der Waals surface area contributed by atoms with Crippen LogP contribution in [0.3, 0.4) is 0 Å². The maximum Gasteiger partial charge on any atom is 0.407 e. The number of ether oxygens (including phenoxy) is 1. The standard InChI is InChI=1S/C20H39N5O2/c1-6-17(24-11-8-9-12-24)14-22-18(21-7-2)25-13-10-16(15-25)23-19(26)27-20(3,4)5/h16-17H,6-15H2,1-5H3,(H,21,22)(H,23,26). The molecule has 2 unspecified atom stereocenters. The van der Waals surface area contributed by atoms with Crippen molar-refractivity contribution in [3.8, 4) is 0 Å². The number of nitrogens with one attached hydrogen (secondary N) is 2. The lowest BCUT2D eigenvalue weighted by molar-refractivity contribution is 0.0507. The number of hydrogen-bond acceptors (Lipinski definition) is 4. The van der Waals surface area contributed by atoms with E-state index >= 15 is 0 Å². The van der Waals surface area contributed by atoms with Crippen molar-refractivity contribution in [2.75, 3.05) is 39.3 Å². The summed E-state index contributed by atoms with van der Waals surface area (Å²) < 4.78 is 5.37. The molecule has 0 saturated carbocycles. The topological polar surface area (TPSA) is 69.2 Å². The number of alkyl carbamates (subject to hydrolysis) is 1. The summed E-state index contributed by atoms with van der Waals surface area (Å²) in [4.78, 5) is 21.8. The van der Waals surface area contributed by atoms with E-state index < -0.39 is 5.60 Å². The molecule has 2 saturated heterocycles. The molecule has 2 heterocycles. The van der Waals surface area contributed by atoms with Crippen molar-refractivity contribution in [1.29, 1.82) is 0 Å². The maximum absolute atomic E-state index is 12.0. The second-order valence-electron chi connectivity index (χ2n) is 8.58. The number of amides is 1. The molecule has 2 rings (SSSR count). The molecule has 0 spiro atoms. The Morgan fingerprint density at radius 3 is 2.52 bits per heavy atom. The Balaban J connectivity index is 1.89. The molecule has 0 aromatic carbocycles. The molecule has 0 aromatic rings. The first-order valence-electron chi connectivity index (χ1n) is 10.6. The summed E-state index contributed by atoms with van der Waals surface area (Å²) in [5.74, 6) is 0.962. The summed E-state index contributed by atoms with van der Waals surface area (Å²) in [6.07, 6.45) is 4.32. The van der Waals surface area contributed by atoms with E-state index in [2.05, 4.69) is 34.3 Å². The highest BCUT2D eigenvalue weighted by Gasteiger charge is 2.28. The smallest absolute Gasteiger partial charge is 0.407 e. The van der Waals surface area contributed by atoms with Crippen molar-refractivity contribution >= 4 is 12.1 Å². The molecule has 7 heteroatoms. The predicted octanol–water partition coefficient (Wildman–Crippen LogP) is 2.43. The van der Waals surface area contributed by atoms with Crippen molar-refractivity contribution in [2.45, 2.75) is 78.0 Å². The average Bonchev–Trinajstić information content (AvgIpc) is 3.24. The molecule has 2 N–H and O–H groups in total. The predicted molar refractivity (Wildman–Crippen MR) is 110 cm³/mol. The summed E-state index contributed by atoms with van der Waals surface area (Å²) in [7, 11) is 0. The van der Waals surface area contributed by atoms with Gasteiger partial charge in [0, 0.05) is 25.7 Å². The van der Waals surface area contributed by atoms with Gasteiger partial charge in [0.15, 0.2) is 5.96 Å². The number of carbonyl (C=O) groups is 1. The van der Waals surface area contributed by atoms with E-state index in [9.17, 15) is 4.79 Å². The molecule has 2 atom stereocenters. The summed E-state index contributed by atoms with van der Waals surface area (Å²) in [6, 6.07) is 0.628. The Morgan fingerprint density at radius 1 is 1.22 bits per heavy atom. The van der Waals surface area contributed by atoms with Gasteiger partial charge in [-0.1, -0.05) is 6.92 Å². The van der Waals surface area contributed by atoms with Crippen molar-refractivity contribution in [3.05, 3.63) is 0 Å². The third-order valence-electron chi connectivity index (χ3n) is 5.12. The van der Waals surface area contributed by atoms with Crippen LogP contribution in [0.25, 0.3) is 0 Å². The molecule has 0 aromatic heterocycles. The van der Waals surface area contributed by atoms with Gasteiger partial charge in [0.1, 0.15) is 5.60 Å². The number of carbonyl (C=O) groups excluding carboxylic acids is 1. The first-order chi connectivity index (χ1) is 12.8. The molecule has 0 radical (unpaired) electrons. The summed E-state index contributed by atoms with van der Waals surface area (Å²) >= 11 is 0. The van der Waals surface area contributed by atoms with Crippen LogP contribution >= 0.6 is 0 Å². The van der Waals surface area contributed by atoms with Crippen LogP contribution in [-0.4, -0.2) is 78.8 Å². The molecule has 7 nitrogen and oxygen atoms in total. The minimum absolute atomic E-state index is 0.101. The summed E-state index contributed by atoms with van der Waals surface area (Å²) in [6.45, 7) is 15.8. The van der Waals surface area contributed by atoms with Crippen molar-refractivity contribution in [3.63, 3.8) is 0 Å². The van der Waals surface area contributed by atoms with Crippen LogP contribution in [0, 0.1) is 0 Å². The number of hydrogen-bond donors (Lipinski definition) is 2. The molecule has 2 aliphatic heterocycles. The van der Waals surface area contributed by atoms with Crippen LogP contribution < -0.4 is 10.6 Å². The Bertz CT molecular complexity index is 497. The van der Waals surface area contributed by atoms with Crippen molar-refractivity contribution < 1.29 is 9.53 Å². The maximum atomic E-state index is 12.0. The molecule has 2 aliphatic rings. The van der Waals surface area contributed by atoms with Gasteiger partial charge in [0.25, 0.3) is 0 Å². The SMILES string of the molecule is CCNC(=NCC(CC)N1CCCC1)N1CCC(NC(=O)OC(C)(C)C)C1. The van der Waals surface area contributed by atoms with Gasteiger partial charge in [-0.15, -0.1) is 0 Å². The molecule has 27 heavy (non-hydrogen) atoms. The Kier molecular flexibility index (Phi) is 8.20. The van der Waals surface area contributed by atoms with Crippen LogP contribution in [0.4, 0.5) is 4.79 Å². The van der Waals surface area contributed by atoms with E-state index in [1.165, 1.54) is 25.9 Å². The number of rotatable bonds is 6. The average molecular weight is 382 g/mol.